The van der Waals surface area contributed by atoms with E-state index in [1.165, 1.54) is 17.5 Å². The zero-order chi connectivity index (χ0) is 14.9. The molecule has 7 heteroatoms. The minimum atomic E-state index is -0.607. The number of amides is 1. The van der Waals surface area contributed by atoms with Gasteiger partial charge in [0.1, 0.15) is 16.7 Å². The van der Waals surface area contributed by atoms with Crippen LogP contribution in [0.1, 0.15) is 26.3 Å². The fourth-order valence-corrected chi connectivity index (χ4v) is 2.86. The zero-order valence-electron chi connectivity index (χ0n) is 11.2. The predicted molar refractivity (Wildman–Crippen MR) is 79.2 cm³/mol. The number of aromatic nitrogens is 1. The van der Waals surface area contributed by atoms with E-state index in [1.807, 2.05) is 0 Å². The highest BCUT2D eigenvalue weighted by Crippen LogP contribution is 2.38. The highest BCUT2D eigenvalue weighted by Gasteiger charge is 2.20. The number of hydrogen-bond acceptors (Lipinski definition) is 5. The van der Waals surface area contributed by atoms with Gasteiger partial charge in [-0.25, -0.2) is 4.79 Å². The fourth-order valence-electron chi connectivity index (χ4n) is 1.58. The third-order valence-electron chi connectivity index (χ3n) is 2.28. The summed E-state index contributed by atoms with van der Waals surface area (Å²) < 4.78 is 5.88. The number of pyridine rings is 1. The molecule has 0 aliphatic heterocycles. The summed E-state index contributed by atoms with van der Waals surface area (Å²) in [4.78, 5) is 15.7. The van der Waals surface area contributed by atoms with Gasteiger partial charge in [0.2, 0.25) is 0 Å². The summed E-state index contributed by atoms with van der Waals surface area (Å²) in [6.07, 6.45) is 2.44. The minimum absolute atomic E-state index is 0.339. The molecule has 20 heavy (non-hydrogen) atoms. The Labute approximate surface area is 125 Å². The second kappa shape index (κ2) is 5.27. The van der Waals surface area contributed by atoms with Crippen molar-refractivity contribution in [2.75, 3.05) is 5.32 Å². The summed E-state index contributed by atoms with van der Waals surface area (Å²) in [5.41, 5.74) is -0.266. The highest BCUT2D eigenvalue weighted by atomic mass is 35.5. The van der Waals surface area contributed by atoms with E-state index < -0.39 is 11.7 Å². The van der Waals surface area contributed by atoms with Crippen LogP contribution in [0.15, 0.2) is 12.4 Å². The summed E-state index contributed by atoms with van der Waals surface area (Å²) in [6, 6.07) is 2.06. The standard InChI is InChI=1S/C13H12ClN3O2S/c1-13(2,3)19-12(18)17-11-7(4-15)8-5-16-6-9(14)10(8)20-11/h5-6H,1-3H3,(H,17,18). The van der Waals surface area contributed by atoms with Gasteiger partial charge in [0.05, 0.1) is 15.3 Å². The Kier molecular flexibility index (Phi) is 3.84. The van der Waals surface area contributed by atoms with Crippen LogP contribution in [0, 0.1) is 11.3 Å². The first-order valence-electron chi connectivity index (χ1n) is 5.78. The molecule has 0 saturated carbocycles. The van der Waals surface area contributed by atoms with Gasteiger partial charge in [0, 0.05) is 17.8 Å². The number of thiophene rings is 1. The minimum Gasteiger partial charge on any atom is -0.444 e. The number of nitriles is 1. The number of anilines is 1. The van der Waals surface area contributed by atoms with E-state index in [2.05, 4.69) is 16.4 Å². The van der Waals surface area contributed by atoms with Crippen molar-refractivity contribution in [1.29, 1.82) is 5.26 Å². The van der Waals surface area contributed by atoms with Crippen molar-refractivity contribution in [2.45, 2.75) is 26.4 Å². The summed E-state index contributed by atoms with van der Waals surface area (Å²) in [6.45, 7) is 5.30. The first-order chi connectivity index (χ1) is 9.31. The third kappa shape index (κ3) is 3.00. The maximum atomic E-state index is 11.8. The van der Waals surface area contributed by atoms with Gasteiger partial charge in [-0.1, -0.05) is 11.6 Å². The fraction of sp³-hybridized carbons (Fsp3) is 0.308. The Morgan fingerprint density at radius 1 is 1.50 bits per heavy atom. The molecule has 0 unspecified atom stereocenters. The molecule has 2 heterocycles. The lowest BCUT2D eigenvalue weighted by Crippen LogP contribution is -2.27. The molecule has 0 aromatic carbocycles. The van der Waals surface area contributed by atoms with Crippen LogP contribution >= 0.6 is 22.9 Å². The van der Waals surface area contributed by atoms with Crippen molar-refractivity contribution in [1.82, 2.24) is 4.98 Å². The molecular formula is C13H12ClN3O2S. The Morgan fingerprint density at radius 2 is 2.20 bits per heavy atom. The van der Waals surface area contributed by atoms with Crippen molar-refractivity contribution in [3.05, 3.63) is 23.0 Å². The van der Waals surface area contributed by atoms with Crippen LogP contribution in [0.25, 0.3) is 10.1 Å². The van der Waals surface area contributed by atoms with Crippen LogP contribution in [0.3, 0.4) is 0 Å². The van der Waals surface area contributed by atoms with Crippen molar-refractivity contribution >= 4 is 44.1 Å². The maximum Gasteiger partial charge on any atom is 0.412 e. The van der Waals surface area contributed by atoms with Gasteiger partial charge in [-0.2, -0.15) is 5.26 Å². The van der Waals surface area contributed by atoms with Crippen molar-refractivity contribution in [3.8, 4) is 6.07 Å². The number of carbonyl (C=O) groups excluding carboxylic acids is 1. The molecule has 1 N–H and O–H groups in total. The highest BCUT2D eigenvalue weighted by molar-refractivity contribution is 7.23. The average molecular weight is 310 g/mol. The Bertz CT molecular complexity index is 713. The van der Waals surface area contributed by atoms with Crippen LogP contribution in [-0.2, 0) is 4.74 Å². The smallest absolute Gasteiger partial charge is 0.412 e. The Hall–Kier alpha value is -1.84. The van der Waals surface area contributed by atoms with E-state index in [9.17, 15) is 10.1 Å². The van der Waals surface area contributed by atoms with E-state index in [0.717, 1.165) is 0 Å². The molecule has 0 aliphatic carbocycles. The first kappa shape index (κ1) is 14.6. The quantitative estimate of drug-likeness (QED) is 0.858. The number of fused-ring (bicyclic) bond motifs is 1. The number of halogens is 1. The lowest BCUT2D eigenvalue weighted by molar-refractivity contribution is 0.0636. The number of carbonyl (C=O) groups is 1. The van der Waals surface area contributed by atoms with Crippen molar-refractivity contribution in [3.63, 3.8) is 0 Å². The first-order valence-corrected chi connectivity index (χ1v) is 6.97. The topological polar surface area (TPSA) is 75.0 Å². The second-order valence-electron chi connectivity index (χ2n) is 5.04. The van der Waals surface area contributed by atoms with Gasteiger partial charge in [-0.15, -0.1) is 11.3 Å². The van der Waals surface area contributed by atoms with E-state index >= 15 is 0 Å². The predicted octanol–water partition coefficient (Wildman–Crippen LogP) is 4.17. The molecule has 5 nitrogen and oxygen atoms in total. The second-order valence-corrected chi connectivity index (χ2v) is 6.47. The van der Waals surface area contributed by atoms with Gasteiger partial charge in [0.25, 0.3) is 0 Å². The number of rotatable bonds is 1. The monoisotopic (exact) mass is 309 g/mol. The molecule has 0 spiro atoms. The number of nitrogens with one attached hydrogen (secondary N) is 1. The summed E-state index contributed by atoms with van der Waals surface area (Å²) in [5, 5.41) is 13.3. The number of ether oxygens (including phenoxy) is 1. The van der Waals surface area contributed by atoms with E-state index in [0.29, 0.717) is 25.7 Å². The molecule has 0 aliphatic rings. The zero-order valence-corrected chi connectivity index (χ0v) is 12.7. The molecule has 0 radical (unpaired) electrons. The normalized spacial score (nSPS) is 11.2. The van der Waals surface area contributed by atoms with Gasteiger partial charge in [-0.05, 0) is 20.8 Å². The summed E-state index contributed by atoms with van der Waals surface area (Å²) in [5.74, 6) is 0. The molecule has 1 amide bonds. The van der Waals surface area contributed by atoms with E-state index in [4.69, 9.17) is 16.3 Å². The Balaban J connectivity index is 2.38. The van der Waals surface area contributed by atoms with Gasteiger partial charge in [0.15, 0.2) is 0 Å². The van der Waals surface area contributed by atoms with Crippen molar-refractivity contribution in [2.24, 2.45) is 0 Å². The van der Waals surface area contributed by atoms with Crippen LogP contribution in [0.2, 0.25) is 5.02 Å². The molecule has 0 bridgehead atoms. The van der Waals surface area contributed by atoms with Crippen molar-refractivity contribution < 1.29 is 9.53 Å². The molecular weight excluding hydrogens is 298 g/mol. The Morgan fingerprint density at radius 3 is 2.80 bits per heavy atom. The number of nitrogens with zero attached hydrogens (tertiary/aromatic N) is 2. The van der Waals surface area contributed by atoms with E-state index in [1.54, 1.807) is 27.0 Å². The largest absolute Gasteiger partial charge is 0.444 e. The molecule has 0 atom stereocenters. The molecule has 0 fully saturated rings. The molecule has 2 rings (SSSR count). The summed E-state index contributed by atoms with van der Waals surface area (Å²) in [7, 11) is 0. The molecule has 0 saturated heterocycles. The SMILES string of the molecule is CC(C)(C)OC(=O)Nc1sc2c(Cl)cncc2c1C#N. The number of hydrogen-bond donors (Lipinski definition) is 1. The lowest BCUT2D eigenvalue weighted by atomic mass is 10.2. The molecule has 104 valence electrons. The maximum absolute atomic E-state index is 11.8. The third-order valence-corrected chi connectivity index (χ3v) is 3.83. The summed E-state index contributed by atoms with van der Waals surface area (Å²) >= 11 is 7.26. The van der Waals surface area contributed by atoms with Crippen LogP contribution in [0.5, 0.6) is 0 Å². The van der Waals surface area contributed by atoms with Gasteiger partial charge < -0.3 is 4.74 Å². The molecule has 2 aromatic heterocycles. The lowest BCUT2D eigenvalue weighted by Gasteiger charge is -2.19. The van der Waals surface area contributed by atoms with Gasteiger partial charge in [-0.3, -0.25) is 10.3 Å². The average Bonchev–Trinajstić information content (AvgIpc) is 2.65. The van der Waals surface area contributed by atoms with Crippen LogP contribution in [-0.4, -0.2) is 16.7 Å². The van der Waals surface area contributed by atoms with Gasteiger partial charge >= 0.3 is 6.09 Å². The van der Waals surface area contributed by atoms with E-state index in [-0.39, 0.29) is 0 Å². The van der Waals surface area contributed by atoms with Crippen LogP contribution in [0.4, 0.5) is 9.80 Å². The van der Waals surface area contributed by atoms with Crippen LogP contribution < -0.4 is 5.32 Å². The molecule has 2 aromatic rings.